The molecule has 1 aromatic carbocycles. The highest BCUT2D eigenvalue weighted by Crippen LogP contribution is 2.06. The molecule has 0 atom stereocenters. The first-order valence-corrected chi connectivity index (χ1v) is 7.75. The van der Waals surface area contributed by atoms with E-state index in [-0.39, 0.29) is 0 Å². The summed E-state index contributed by atoms with van der Waals surface area (Å²) >= 11 is 1.91. The van der Waals surface area contributed by atoms with E-state index in [1.807, 2.05) is 11.8 Å². The molecule has 0 spiro atoms. The molecule has 19 heavy (non-hydrogen) atoms. The molecule has 0 saturated carbocycles. The van der Waals surface area contributed by atoms with E-state index in [0.717, 1.165) is 30.8 Å². The number of carbonyl (C=O) groups is 2. The first-order chi connectivity index (χ1) is 9.25. The van der Waals surface area contributed by atoms with Crippen molar-refractivity contribution in [2.45, 2.75) is 26.2 Å². The molecule has 104 valence electrons. The van der Waals surface area contributed by atoms with Gasteiger partial charge in [0.25, 0.3) is 5.78 Å². The second-order valence-corrected chi connectivity index (χ2v) is 5.48. The first kappa shape index (κ1) is 15.8. The molecule has 0 radical (unpaired) electrons. The average molecular weight is 280 g/mol. The van der Waals surface area contributed by atoms with Crippen molar-refractivity contribution in [3.63, 3.8) is 0 Å². The van der Waals surface area contributed by atoms with Crippen molar-refractivity contribution in [3.8, 4) is 0 Å². The summed E-state index contributed by atoms with van der Waals surface area (Å²) < 4.78 is 4.97. The minimum absolute atomic E-state index is 0.328. The van der Waals surface area contributed by atoms with Crippen LogP contribution in [0.1, 0.15) is 36.5 Å². The third-order valence-corrected chi connectivity index (χ3v) is 3.58. The molecule has 0 heterocycles. The van der Waals surface area contributed by atoms with Gasteiger partial charge in [-0.25, -0.2) is 4.79 Å². The third kappa shape index (κ3) is 6.43. The largest absolute Gasteiger partial charge is 0.460 e. The minimum Gasteiger partial charge on any atom is -0.460 e. The van der Waals surface area contributed by atoms with Gasteiger partial charge < -0.3 is 4.74 Å². The fourth-order valence-electron chi connectivity index (χ4n) is 1.57. The van der Waals surface area contributed by atoms with Crippen LogP contribution in [0, 0.1) is 0 Å². The Morgan fingerprint density at radius 2 is 1.84 bits per heavy atom. The van der Waals surface area contributed by atoms with Gasteiger partial charge in [-0.15, -0.1) is 0 Å². The number of ketones is 1. The van der Waals surface area contributed by atoms with Gasteiger partial charge in [0.15, 0.2) is 0 Å². The standard InChI is InChI=1S/C15H20O3S/c1-2-19-12-8-4-7-11-18-15(17)14(16)13-9-5-3-6-10-13/h3,5-6,9-10H,2,4,7-8,11-12H2,1H3. The smallest absolute Gasteiger partial charge is 0.379 e. The summed E-state index contributed by atoms with van der Waals surface area (Å²) in [5.41, 5.74) is 0.381. The number of esters is 1. The fourth-order valence-corrected chi connectivity index (χ4v) is 2.26. The highest BCUT2D eigenvalue weighted by Gasteiger charge is 2.16. The highest BCUT2D eigenvalue weighted by molar-refractivity contribution is 7.99. The van der Waals surface area contributed by atoms with Gasteiger partial charge in [0, 0.05) is 5.56 Å². The van der Waals surface area contributed by atoms with Gasteiger partial charge in [0.2, 0.25) is 0 Å². The fraction of sp³-hybridized carbons (Fsp3) is 0.467. The number of hydrogen-bond acceptors (Lipinski definition) is 4. The van der Waals surface area contributed by atoms with Crippen LogP contribution in [-0.4, -0.2) is 29.9 Å². The molecule has 0 fully saturated rings. The van der Waals surface area contributed by atoms with Crippen molar-refractivity contribution in [2.24, 2.45) is 0 Å². The Labute approximate surface area is 118 Å². The van der Waals surface area contributed by atoms with Gasteiger partial charge in [0.05, 0.1) is 6.61 Å². The number of unbranched alkanes of at least 4 members (excludes halogenated alkanes) is 2. The number of benzene rings is 1. The van der Waals surface area contributed by atoms with Crippen LogP contribution in [-0.2, 0) is 9.53 Å². The summed E-state index contributed by atoms with van der Waals surface area (Å²) in [6, 6.07) is 8.49. The maximum atomic E-state index is 11.7. The van der Waals surface area contributed by atoms with E-state index in [0.29, 0.717) is 12.2 Å². The van der Waals surface area contributed by atoms with Gasteiger partial charge in [-0.05, 0) is 30.8 Å². The van der Waals surface area contributed by atoms with E-state index in [1.54, 1.807) is 30.3 Å². The van der Waals surface area contributed by atoms with Crippen LogP contribution in [0.2, 0.25) is 0 Å². The van der Waals surface area contributed by atoms with Gasteiger partial charge in [-0.2, -0.15) is 11.8 Å². The molecule has 4 heteroatoms. The lowest BCUT2D eigenvalue weighted by Gasteiger charge is -2.04. The summed E-state index contributed by atoms with van der Waals surface area (Å²) in [5.74, 6) is 0.963. The maximum Gasteiger partial charge on any atom is 0.379 e. The number of ether oxygens (including phenoxy) is 1. The second-order valence-electron chi connectivity index (χ2n) is 4.09. The highest BCUT2D eigenvalue weighted by atomic mass is 32.2. The lowest BCUT2D eigenvalue weighted by Crippen LogP contribution is -2.18. The van der Waals surface area contributed by atoms with Crippen molar-refractivity contribution in [1.29, 1.82) is 0 Å². The predicted octanol–water partition coefficient (Wildman–Crippen LogP) is 3.34. The SMILES string of the molecule is CCSCCCCCOC(=O)C(=O)c1ccccc1. The van der Waals surface area contributed by atoms with Gasteiger partial charge in [0.1, 0.15) is 0 Å². The molecular formula is C15H20O3S. The molecule has 0 bridgehead atoms. The average Bonchev–Trinajstić information content (AvgIpc) is 2.46. The molecule has 1 aromatic rings. The van der Waals surface area contributed by atoms with Gasteiger partial charge in [-0.1, -0.05) is 37.3 Å². The van der Waals surface area contributed by atoms with Crippen molar-refractivity contribution in [3.05, 3.63) is 35.9 Å². The van der Waals surface area contributed by atoms with Crippen LogP contribution in [0.4, 0.5) is 0 Å². The lowest BCUT2D eigenvalue weighted by molar-refractivity contribution is -0.138. The topological polar surface area (TPSA) is 43.4 Å². The van der Waals surface area contributed by atoms with Crippen LogP contribution in [0.5, 0.6) is 0 Å². The summed E-state index contributed by atoms with van der Waals surface area (Å²) in [6.07, 6.45) is 2.97. The number of hydrogen-bond donors (Lipinski definition) is 0. The van der Waals surface area contributed by atoms with E-state index in [9.17, 15) is 9.59 Å². The first-order valence-electron chi connectivity index (χ1n) is 6.60. The van der Waals surface area contributed by atoms with Crippen LogP contribution in [0.3, 0.4) is 0 Å². The summed E-state index contributed by atoms with van der Waals surface area (Å²) in [7, 11) is 0. The molecule has 0 aliphatic carbocycles. The van der Waals surface area contributed by atoms with E-state index in [1.165, 1.54) is 0 Å². The summed E-state index contributed by atoms with van der Waals surface area (Å²) in [6.45, 7) is 2.47. The maximum absolute atomic E-state index is 11.7. The monoisotopic (exact) mass is 280 g/mol. The molecule has 3 nitrogen and oxygen atoms in total. The van der Waals surface area contributed by atoms with E-state index in [4.69, 9.17) is 4.74 Å². The Balaban J connectivity index is 2.16. The second kappa shape index (κ2) is 9.62. The molecule has 0 amide bonds. The number of rotatable bonds is 9. The van der Waals surface area contributed by atoms with Crippen molar-refractivity contribution < 1.29 is 14.3 Å². The molecule has 0 aliphatic heterocycles. The summed E-state index contributed by atoms with van der Waals surface area (Å²) in [4.78, 5) is 23.2. The lowest BCUT2D eigenvalue weighted by atomic mass is 10.1. The van der Waals surface area contributed by atoms with Gasteiger partial charge >= 0.3 is 5.97 Å². The van der Waals surface area contributed by atoms with Crippen LogP contribution in [0.25, 0.3) is 0 Å². The zero-order valence-corrected chi connectivity index (χ0v) is 12.1. The van der Waals surface area contributed by atoms with Crippen molar-refractivity contribution in [2.75, 3.05) is 18.1 Å². The van der Waals surface area contributed by atoms with E-state index >= 15 is 0 Å². The van der Waals surface area contributed by atoms with Crippen LogP contribution in [0.15, 0.2) is 30.3 Å². The Bertz CT molecular complexity index is 390. The Kier molecular flexibility index (Phi) is 7.98. The molecule has 0 saturated heterocycles. The number of carbonyl (C=O) groups excluding carboxylic acids is 2. The minimum atomic E-state index is -0.755. The summed E-state index contributed by atoms with van der Waals surface area (Å²) in [5, 5.41) is 0. The zero-order valence-electron chi connectivity index (χ0n) is 11.3. The molecule has 0 aliphatic rings. The van der Waals surface area contributed by atoms with E-state index < -0.39 is 11.8 Å². The van der Waals surface area contributed by atoms with Crippen LogP contribution >= 0.6 is 11.8 Å². The van der Waals surface area contributed by atoms with Gasteiger partial charge in [-0.3, -0.25) is 4.79 Å². The predicted molar refractivity (Wildman–Crippen MR) is 78.6 cm³/mol. The number of thioether (sulfide) groups is 1. The molecular weight excluding hydrogens is 260 g/mol. The molecule has 0 N–H and O–H groups in total. The normalized spacial score (nSPS) is 10.2. The Morgan fingerprint density at radius 1 is 1.11 bits per heavy atom. The van der Waals surface area contributed by atoms with E-state index in [2.05, 4.69) is 6.92 Å². The Hall–Kier alpha value is -1.29. The quantitative estimate of drug-likeness (QED) is 0.301. The Morgan fingerprint density at radius 3 is 2.53 bits per heavy atom. The molecule has 1 rings (SSSR count). The van der Waals surface area contributed by atoms with Crippen molar-refractivity contribution >= 4 is 23.5 Å². The molecule has 0 aromatic heterocycles. The van der Waals surface area contributed by atoms with Crippen molar-refractivity contribution in [1.82, 2.24) is 0 Å². The molecule has 0 unspecified atom stereocenters. The van der Waals surface area contributed by atoms with Crippen LogP contribution < -0.4 is 0 Å². The number of Topliss-reactive ketones (excluding diaryl/α,β-unsaturated/α-hetero) is 1. The zero-order chi connectivity index (χ0) is 13.9. The third-order valence-electron chi connectivity index (χ3n) is 2.59.